The maximum Gasteiger partial charge on any atom is 0.0660 e. The van der Waals surface area contributed by atoms with Gasteiger partial charge in [0, 0.05) is 37.9 Å². The van der Waals surface area contributed by atoms with E-state index in [-0.39, 0.29) is 0 Å². The SMILES string of the molecule is CN(CCC#N)c1ccc(C=Nc2ccncc2)cc1. The van der Waals surface area contributed by atoms with Crippen molar-refractivity contribution in [1.29, 1.82) is 5.26 Å². The standard InChI is InChI=1S/C16H16N4/c1-20(12-2-9-17)16-5-3-14(4-6-16)13-19-15-7-10-18-11-8-15/h3-8,10-11,13H,2,12H2,1H3. The number of rotatable bonds is 5. The van der Waals surface area contributed by atoms with E-state index in [1.54, 1.807) is 12.4 Å². The number of nitriles is 1. The molecule has 20 heavy (non-hydrogen) atoms. The van der Waals surface area contributed by atoms with E-state index in [1.807, 2.05) is 49.7 Å². The van der Waals surface area contributed by atoms with Crippen molar-refractivity contribution >= 4 is 17.6 Å². The number of benzene rings is 1. The fourth-order valence-electron chi connectivity index (χ4n) is 1.74. The Bertz CT molecular complexity index is 597. The van der Waals surface area contributed by atoms with Crippen LogP contribution in [0.1, 0.15) is 12.0 Å². The number of pyridine rings is 1. The summed E-state index contributed by atoms with van der Waals surface area (Å²) in [5.41, 5.74) is 3.02. The first kappa shape index (κ1) is 13.8. The lowest BCUT2D eigenvalue weighted by atomic mass is 10.2. The largest absolute Gasteiger partial charge is 0.374 e. The first-order valence-corrected chi connectivity index (χ1v) is 6.42. The first-order valence-electron chi connectivity index (χ1n) is 6.42. The summed E-state index contributed by atoms with van der Waals surface area (Å²) in [6, 6.07) is 14.0. The van der Waals surface area contributed by atoms with Crippen LogP contribution in [0, 0.1) is 11.3 Å². The molecule has 0 saturated carbocycles. The maximum atomic E-state index is 8.59. The molecule has 0 aliphatic carbocycles. The number of aromatic nitrogens is 1. The minimum Gasteiger partial charge on any atom is -0.374 e. The molecule has 1 aromatic heterocycles. The van der Waals surface area contributed by atoms with E-state index < -0.39 is 0 Å². The maximum absolute atomic E-state index is 8.59. The van der Waals surface area contributed by atoms with Crippen LogP contribution in [0.5, 0.6) is 0 Å². The predicted molar refractivity (Wildman–Crippen MR) is 81.4 cm³/mol. The van der Waals surface area contributed by atoms with Crippen LogP contribution >= 0.6 is 0 Å². The molecular weight excluding hydrogens is 248 g/mol. The van der Waals surface area contributed by atoms with Crippen molar-refractivity contribution in [3.05, 3.63) is 54.4 Å². The highest BCUT2D eigenvalue weighted by molar-refractivity contribution is 5.82. The minimum absolute atomic E-state index is 0.530. The predicted octanol–water partition coefficient (Wildman–Crippen LogP) is 3.18. The van der Waals surface area contributed by atoms with Crippen molar-refractivity contribution in [3.63, 3.8) is 0 Å². The normalized spacial score (nSPS) is 10.4. The van der Waals surface area contributed by atoms with Gasteiger partial charge in [-0.25, -0.2) is 0 Å². The summed E-state index contributed by atoms with van der Waals surface area (Å²) in [7, 11) is 1.98. The van der Waals surface area contributed by atoms with E-state index in [0.29, 0.717) is 6.42 Å². The van der Waals surface area contributed by atoms with Gasteiger partial charge in [0.25, 0.3) is 0 Å². The molecule has 2 aromatic rings. The summed E-state index contributed by atoms with van der Waals surface area (Å²) >= 11 is 0. The van der Waals surface area contributed by atoms with Crippen molar-refractivity contribution in [1.82, 2.24) is 4.98 Å². The van der Waals surface area contributed by atoms with Gasteiger partial charge < -0.3 is 4.90 Å². The zero-order valence-electron chi connectivity index (χ0n) is 11.4. The van der Waals surface area contributed by atoms with Crippen molar-refractivity contribution in [2.75, 3.05) is 18.5 Å². The number of aliphatic imine (C=N–C) groups is 1. The molecule has 0 aliphatic heterocycles. The zero-order valence-corrected chi connectivity index (χ0v) is 11.4. The van der Waals surface area contributed by atoms with Gasteiger partial charge in [0.15, 0.2) is 0 Å². The number of nitrogens with zero attached hydrogens (tertiary/aromatic N) is 4. The average molecular weight is 264 g/mol. The lowest BCUT2D eigenvalue weighted by Gasteiger charge is -2.17. The molecule has 0 saturated heterocycles. The number of hydrogen-bond acceptors (Lipinski definition) is 4. The van der Waals surface area contributed by atoms with E-state index in [1.165, 1.54) is 0 Å². The fourth-order valence-corrected chi connectivity index (χ4v) is 1.74. The van der Waals surface area contributed by atoms with E-state index in [2.05, 4.69) is 20.9 Å². The molecule has 0 aliphatic rings. The van der Waals surface area contributed by atoms with Crippen LogP contribution in [0.25, 0.3) is 0 Å². The molecule has 0 spiro atoms. The van der Waals surface area contributed by atoms with Crippen molar-refractivity contribution < 1.29 is 0 Å². The first-order chi connectivity index (χ1) is 9.79. The van der Waals surface area contributed by atoms with Crippen LogP contribution in [-0.4, -0.2) is 24.8 Å². The fraction of sp³-hybridized carbons (Fsp3) is 0.188. The third-order valence-corrected chi connectivity index (χ3v) is 2.92. The molecule has 0 fully saturated rings. The van der Waals surface area contributed by atoms with E-state index in [9.17, 15) is 0 Å². The highest BCUT2D eigenvalue weighted by atomic mass is 15.1. The molecule has 0 radical (unpaired) electrons. The minimum atomic E-state index is 0.530. The lowest BCUT2D eigenvalue weighted by Crippen LogP contribution is -2.17. The van der Waals surface area contributed by atoms with E-state index >= 15 is 0 Å². The molecule has 0 N–H and O–H groups in total. The summed E-state index contributed by atoms with van der Waals surface area (Å²) < 4.78 is 0. The smallest absolute Gasteiger partial charge is 0.0660 e. The molecule has 4 nitrogen and oxygen atoms in total. The molecule has 0 amide bonds. The van der Waals surface area contributed by atoms with Gasteiger partial charge >= 0.3 is 0 Å². The topological polar surface area (TPSA) is 52.3 Å². The number of hydrogen-bond donors (Lipinski definition) is 0. The second-order valence-corrected chi connectivity index (χ2v) is 4.38. The molecule has 0 bridgehead atoms. The molecule has 0 unspecified atom stereocenters. The Hall–Kier alpha value is -2.67. The molecule has 1 heterocycles. The third-order valence-electron chi connectivity index (χ3n) is 2.92. The second kappa shape index (κ2) is 7.05. The van der Waals surface area contributed by atoms with E-state index in [4.69, 9.17) is 5.26 Å². The highest BCUT2D eigenvalue weighted by Gasteiger charge is 1.99. The summed E-state index contributed by atoms with van der Waals surface area (Å²) in [5.74, 6) is 0. The van der Waals surface area contributed by atoms with E-state index in [0.717, 1.165) is 23.5 Å². The van der Waals surface area contributed by atoms with Gasteiger partial charge in [-0.05, 0) is 29.8 Å². The van der Waals surface area contributed by atoms with Crippen LogP contribution in [0.3, 0.4) is 0 Å². The summed E-state index contributed by atoms with van der Waals surface area (Å²) in [5, 5.41) is 8.59. The summed E-state index contributed by atoms with van der Waals surface area (Å²) in [6.07, 6.45) is 5.80. The van der Waals surface area contributed by atoms with Crippen LogP contribution < -0.4 is 4.90 Å². The molecular formula is C16H16N4. The van der Waals surface area contributed by atoms with Crippen LogP contribution in [0.15, 0.2) is 53.8 Å². The Kier molecular flexibility index (Phi) is 4.85. The van der Waals surface area contributed by atoms with Crippen molar-refractivity contribution in [2.45, 2.75) is 6.42 Å². The Labute approximate surface area is 119 Å². The summed E-state index contributed by atoms with van der Waals surface area (Å²) in [4.78, 5) is 10.4. The number of anilines is 1. The Morgan fingerprint density at radius 3 is 2.55 bits per heavy atom. The van der Waals surface area contributed by atoms with Gasteiger partial charge in [-0.3, -0.25) is 9.98 Å². The average Bonchev–Trinajstić information content (AvgIpc) is 2.52. The third kappa shape index (κ3) is 3.92. The second-order valence-electron chi connectivity index (χ2n) is 4.38. The van der Waals surface area contributed by atoms with Gasteiger partial charge in [0.1, 0.15) is 0 Å². The van der Waals surface area contributed by atoms with Crippen molar-refractivity contribution in [3.8, 4) is 6.07 Å². The molecule has 100 valence electrons. The Morgan fingerprint density at radius 1 is 1.20 bits per heavy atom. The molecule has 1 aromatic carbocycles. The Morgan fingerprint density at radius 2 is 1.90 bits per heavy atom. The van der Waals surface area contributed by atoms with Gasteiger partial charge in [-0.1, -0.05) is 12.1 Å². The molecule has 0 atom stereocenters. The Balaban J connectivity index is 2.02. The summed E-state index contributed by atoms with van der Waals surface area (Å²) in [6.45, 7) is 0.737. The van der Waals surface area contributed by atoms with Gasteiger partial charge in [0.2, 0.25) is 0 Å². The monoisotopic (exact) mass is 264 g/mol. The van der Waals surface area contributed by atoms with Gasteiger partial charge in [-0.2, -0.15) is 5.26 Å². The van der Waals surface area contributed by atoms with Crippen molar-refractivity contribution in [2.24, 2.45) is 4.99 Å². The van der Waals surface area contributed by atoms with Crippen LogP contribution in [-0.2, 0) is 0 Å². The lowest BCUT2D eigenvalue weighted by molar-refractivity contribution is 0.905. The quantitative estimate of drug-likeness (QED) is 0.779. The van der Waals surface area contributed by atoms with Gasteiger partial charge in [0.05, 0.1) is 18.2 Å². The molecule has 2 rings (SSSR count). The zero-order chi connectivity index (χ0) is 14.2. The van der Waals surface area contributed by atoms with Crippen LogP contribution in [0.2, 0.25) is 0 Å². The van der Waals surface area contributed by atoms with Gasteiger partial charge in [-0.15, -0.1) is 0 Å². The van der Waals surface area contributed by atoms with Crippen LogP contribution in [0.4, 0.5) is 11.4 Å². The highest BCUT2D eigenvalue weighted by Crippen LogP contribution is 2.14. The molecule has 4 heteroatoms.